The molecule has 2 aliphatic heterocycles. The lowest BCUT2D eigenvalue weighted by molar-refractivity contribution is 0.172. The van der Waals surface area contributed by atoms with Gasteiger partial charge in [0.1, 0.15) is 0 Å². The second kappa shape index (κ2) is 5.33. The summed E-state index contributed by atoms with van der Waals surface area (Å²) < 4.78 is 5.17. The number of hydrogen-bond acceptors (Lipinski definition) is 5. The Kier molecular flexibility index (Phi) is 3.55. The van der Waals surface area contributed by atoms with Gasteiger partial charge in [-0.1, -0.05) is 0 Å². The molecule has 1 aromatic rings. The molecule has 0 radical (unpaired) electrons. The van der Waals surface area contributed by atoms with Crippen LogP contribution in [-0.4, -0.2) is 43.3 Å². The minimum absolute atomic E-state index is 0.432. The van der Waals surface area contributed by atoms with E-state index in [2.05, 4.69) is 20.2 Å². The molecule has 0 aromatic carbocycles. The highest BCUT2D eigenvalue weighted by molar-refractivity contribution is 5.38. The van der Waals surface area contributed by atoms with Gasteiger partial charge in [-0.3, -0.25) is 4.98 Å². The lowest BCUT2D eigenvalue weighted by Gasteiger charge is -2.45. The number of piperidine rings is 2. The van der Waals surface area contributed by atoms with E-state index in [1.54, 1.807) is 13.3 Å². The zero-order chi connectivity index (χ0) is 13.1. The first-order chi connectivity index (χ1) is 9.31. The predicted octanol–water partition coefficient (Wildman–Crippen LogP) is 1.46. The second-order valence-corrected chi connectivity index (χ2v) is 5.73. The highest BCUT2D eigenvalue weighted by Gasteiger charge is 2.37. The van der Waals surface area contributed by atoms with Crippen LogP contribution in [0.4, 0.5) is 5.82 Å². The molecule has 5 heteroatoms. The first-order valence-corrected chi connectivity index (χ1v) is 7.13. The third kappa shape index (κ3) is 2.66. The molecule has 3 rings (SSSR count). The maximum Gasteiger partial charge on any atom is 0.233 e. The SMILES string of the molecule is COc1cncc(N2CCCC3(CCCNC3)C2)n1. The Bertz CT molecular complexity index is 426. The molecule has 1 spiro atoms. The van der Waals surface area contributed by atoms with Crippen molar-refractivity contribution >= 4 is 5.82 Å². The van der Waals surface area contributed by atoms with E-state index < -0.39 is 0 Å². The topological polar surface area (TPSA) is 50.3 Å². The predicted molar refractivity (Wildman–Crippen MR) is 74.6 cm³/mol. The van der Waals surface area contributed by atoms with Gasteiger partial charge in [-0.15, -0.1) is 0 Å². The number of rotatable bonds is 2. The zero-order valence-corrected chi connectivity index (χ0v) is 11.6. The molecule has 2 fully saturated rings. The van der Waals surface area contributed by atoms with Gasteiger partial charge in [0.05, 0.1) is 19.5 Å². The number of anilines is 1. The number of hydrogen-bond donors (Lipinski definition) is 1. The standard InChI is InChI=1S/C14H22N4O/c1-19-13-9-16-8-12(17-13)18-7-3-5-14(11-18)4-2-6-15-10-14/h8-9,15H,2-7,10-11H2,1H3. The summed E-state index contributed by atoms with van der Waals surface area (Å²) in [6.45, 7) is 4.47. The smallest absolute Gasteiger partial charge is 0.233 e. The van der Waals surface area contributed by atoms with Crippen LogP contribution < -0.4 is 15.0 Å². The van der Waals surface area contributed by atoms with Gasteiger partial charge in [0, 0.05) is 25.0 Å². The van der Waals surface area contributed by atoms with E-state index in [4.69, 9.17) is 4.74 Å². The molecule has 104 valence electrons. The average molecular weight is 262 g/mol. The van der Waals surface area contributed by atoms with Crippen LogP contribution in [0, 0.1) is 5.41 Å². The van der Waals surface area contributed by atoms with Crippen molar-refractivity contribution in [3.05, 3.63) is 12.4 Å². The molecule has 1 atom stereocenters. The maximum absolute atomic E-state index is 5.17. The lowest BCUT2D eigenvalue weighted by Crippen LogP contribution is -2.51. The Labute approximate surface area is 114 Å². The van der Waals surface area contributed by atoms with Crippen LogP contribution in [-0.2, 0) is 0 Å². The van der Waals surface area contributed by atoms with Gasteiger partial charge in [-0.25, -0.2) is 0 Å². The fourth-order valence-corrected chi connectivity index (χ4v) is 3.37. The fraction of sp³-hybridized carbons (Fsp3) is 0.714. The number of methoxy groups -OCH3 is 1. The quantitative estimate of drug-likeness (QED) is 0.874. The third-order valence-corrected chi connectivity index (χ3v) is 4.35. The van der Waals surface area contributed by atoms with Gasteiger partial charge >= 0.3 is 0 Å². The number of nitrogens with zero attached hydrogens (tertiary/aromatic N) is 3. The Hall–Kier alpha value is -1.36. The van der Waals surface area contributed by atoms with Gasteiger partial charge in [0.25, 0.3) is 0 Å². The summed E-state index contributed by atoms with van der Waals surface area (Å²) in [7, 11) is 1.64. The number of ether oxygens (including phenoxy) is 1. The van der Waals surface area contributed by atoms with Crippen LogP contribution in [0.5, 0.6) is 5.88 Å². The number of nitrogens with one attached hydrogen (secondary N) is 1. The molecule has 19 heavy (non-hydrogen) atoms. The van der Waals surface area contributed by atoms with E-state index in [0.29, 0.717) is 11.3 Å². The highest BCUT2D eigenvalue weighted by atomic mass is 16.5. The molecule has 3 heterocycles. The van der Waals surface area contributed by atoms with Crippen LogP contribution in [0.2, 0.25) is 0 Å². The van der Waals surface area contributed by atoms with Gasteiger partial charge in [-0.2, -0.15) is 4.98 Å². The maximum atomic E-state index is 5.17. The Balaban J connectivity index is 1.76. The fourth-order valence-electron chi connectivity index (χ4n) is 3.37. The summed E-state index contributed by atoms with van der Waals surface area (Å²) in [4.78, 5) is 11.1. The number of aromatic nitrogens is 2. The lowest BCUT2D eigenvalue weighted by atomic mass is 9.74. The largest absolute Gasteiger partial charge is 0.480 e. The van der Waals surface area contributed by atoms with E-state index in [1.807, 2.05) is 6.20 Å². The van der Waals surface area contributed by atoms with E-state index in [-0.39, 0.29) is 0 Å². The van der Waals surface area contributed by atoms with Crippen molar-refractivity contribution in [2.24, 2.45) is 5.41 Å². The molecule has 1 unspecified atom stereocenters. The van der Waals surface area contributed by atoms with E-state index in [0.717, 1.165) is 25.5 Å². The van der Waals surface area contributed by atoms with Crippen LogP contribution in [0.3, 0.4) is 0 Å². The van der Waals surface area contributed by atoms with Crippen molar-refractivity contribution in [1.29, 1.82) is 0 Å². The summed E-state index contributed by atoms with van der Waals surface area (Å²) in [5.41, 5.74) is 0.432. The van der Waals surface area contributed by atoms with Crippen molar-refractivity contribution in [3.63, 3.8) is 0 Å². The molecule has 1 aromatic heterocycles. The summed E-state index contributed by atoms with van der Waals surface area (Å²) in [5.74, 6) is 1.54. The van der Waals surface area contributed by atoms with Crippen molar-refractivity contribution < 1.29 is 4.74 Å². The minimum Gasteiger partial charge on any atom is -0.480 e. The van der Waals surface area contributed by atoms with Gasteiger partial charge in [-0.05, 0) is 32.2 Å². The van der Waals surface area contributed by atoms with Crippen molar-refractivity contribution in [2.45, 2.75) is 25.7 Å². The Morgan fingerprint density at radius 2 is 2.21 bits per heavy atom. The van der Waals surface area contributed by atoms with Crippen LogP contribution in [0.25, 0.3) is 0 Å². The van der Waals surface area contributed by atoms with Crippen molar-refractivity contribution in [1.82, 2.24) is 15.3 Å². The molecule has 0 amide bonds. The van der Waals surface area contributed by atoms with Gasteiger partial charge in [0.2, 0.25) is 5.88 Å². The third-order valence-electron chi connectivity index (χ3n) is 4.35. The Morgan fingerprint density at radius 3 is 3.00 bits per heavy atom. The van der Waals surface area contributed by atoms with E-state index in [1.165, 1.54) is 32.2 Å². The van der Waals surface area contributed by atoms with Crippen LogP contribution >= 0.6 is 0 Å². The molecule has 5 nitrogen and oxygen atoms in total. The second-order valence-electron chi connectivity index (χ2n) is 5.73. The summed E-state index contributed by atoms with van der Waals surface area (Å²) in [6, 6.07) is 0. The zero-order valence-electron chi connectivity index (χ0n) is 11.6. The first-order valence-electron chi connectivity index (χ1n) is 7.13. The molecule has 2 saturated heterocycles. The summed E-state index contributed by atoms with van der Waals surface area (Å²) in [5, 5.41) is 3.55. The summed E-state index contributed by atoms with van der Waals surface area (Å²) in [6.07, 6.45) is 8.68. The van der Waals surface area contributed by atoms with Crippen LogP contribution in [0.1, 0.15) is 25.7 Å². The van der Waals surface area contributed by atoms with Gasteiger partial charge < -0.3 is 15.0 Å². The molecule has 0 aliphatic carbocycles. The monoisotopic (exact) mass is 262 g/mol. The molecular formula is C14H22N4O. The molecular weight excluding hydrogens is 240 g/mol. The molecule has 2 aliphatic rings. The molecule has 0 bridgehead atoms. The minimum atomic E-state index is 0.432. The first kappa shape index (κ1) is 12.7. The van der Waals surface area contributed by atoms with E-state index >= 15 is 0 Å². The van der Waals surface area contributed by atoms with Crippen molar-refractivity contribution in [3.8, 4) is 5.88 Å². The Morgan fingerprint density at radius 1 is 1.32 bits per heavy atom. The average Bonchev–Trinajstić information content (AvgIpc) is 2.48. The normalized spacial score (nSPS) is 27.5. The van der Waals surface area contributed by atoms with Gasteiger partial charge in [0.15, 0.2) is 5.82 Å². The highest BCUT2D eigenvalue weighted by Crippen LogP contribution is 2.37. The summed E-state index contributed by atoms with van der Waals surface area (Å²) >= 11 is 0. The van der Waals surface area contributed by atoms with E-state index in [9.17, 15) is 0 Å². The van der Waals surface area contributed by atoms with Crippen molar-refractivity contribution in [2.75, 3.05) is 38.2 Å². The molecule has 1 N–H and O–H groups in total. The van der Waals surface area contributed by atoms with Crippen LogP contribution in [0.15, 0.2) is 12.4 Å². The molecule has 0 saturated carbocycles.